The summed E-state index contributed by atoms with van der Waals surface area (Å²) in [5.74, 6) is 0. The van der Waals surface area contributed by atoms with Gasteiger partial charge in [-0.3, -0.25) is 0 Å². The number of rotatable bonds is 3. The smallest absolute Gasteiger partial charge is 0.197 e. The second-order valence-corrected chi connectivity index (χ2v) is 23.6. The van der Waals surface area contributed by atoms with E-state index in [2.05, 4.69) is 226 Å². The second kappa shape index (κ2) is 13.2. The summed E-state index contributed by atoms with van der Waals surface area (Å²) in [4.78, 5) is 0. The Morgan fingerprint density at radius 1 is 0.530 bits per heavy atom. The van der Waals surface area contributed by atoms with E-state index in [0.717, 1.165) is 11.4 Å². The first-order chi connectivity index (χ1) is 31.5. The van der Waals surface area contributed by atoms with E-state index in [-0.39, 0.29) is 21.7 Å². The van der Waals surface area contributed by atoms with Crippen LogP contribution in [-0.2, 0) is 21.7 Å². The summed E-state index contributed by atoms with van der Waals surface area (Å²) in [6, 6.07) is 53.8. The molecule has 0 bridgehead atoms. The first kappa shape index (κ1) is 40.0. The molecule has 2 nitrogen and oxygen atoms in total. The van der Waals surface area contributed by atoms with Crippen LogP contribution in [0.5, 0.6) is 0 Å². The number of hydrogen-bond acceptors (Lipinski definition) is 2. The highest BCUT2D eigenvalue weighted by Gasteiger charge is 2.44. The molecule has 13 rings (SSSR count). The van der Waals surface area contributed by atoms with Gasteiger partial charge in [-0.05, 0) is 126 Å². The fourth-order valence-corrected chi connectivity index (χ4v) is 13.4. The predicted octanol–water partition coefficient (Wildman–Crippen LogP) is 15.7. The number of thiophene rings is 1. The number of benzene rings is 8. The van der Waals surface area contributed by atoms with Crippen molar-refractivity contribution in [3.63, 3.8) is 0 Å². The molecule has 1 N–H and O–H groups in total. The molecule has 8 aromatic carbocycles. The van der Waals surface area contributed by atoms with Crippen molar-refractivity contribution in [2.45, 2.75) is 90.9 Å². The van der Waals surface area contributed by atoms with Gasteiger partial charge < -0.3 is 9.88 Å². The molecule has 0 spiro atoms. The van der Waals surface area contributed by atoms with Gasteiger partial charge in [-0.25, -0.2) is 0 Å². The van der Waals surface area contributed by atoms with Crippen LogP contribution < -0.4 is 16.2 Å². The molecule has 0 saturated carbocycles. The quantitative estimate of drug-likeness (QED) is 0.175. The van der Waals surface area contributed by atoms with Crippen LogP contribution in [0.4, 0.5) is 11.4 Å². The van der Waals surface area contributed by atoms with Crippen molar-refractivity contribution in [1.29, 1.82) is 0 Å². The van der Waals surface area contributed by atoms with E-state index in [1.807, 2.05) is 11.3 Å². The van der Waals surface area contributed by atoms with Gasteiger partial charge in [0.05, 0.1) is 5.52 Å². The Morgan fingerprint density at radius 2 is 1.20 bits per heavy atom. The van der Waals surface area contributed by atoms with Crippen LogP contribution in [0.2, 0.25) is 0 Å². The van der Waals surface area contributed by atoms with Crippen LogP contribution in [-0.4, -0.2) is 11.8 Å². The lowest BCUT2D eigenvalue weighted by Crippen LogP contribution is -2.38. The molecule has 0 unspecified atom stereocenters. The van der Waals surface area contributed by atoms with Crippen molar-refractivity contribution in [2.75, 3.05) is 5.32 Å². The molecule has 3 aliphatic rings. The summed E-state index contributed by atoms with van der Waals surface area (Å²) >= 11 is 1.89. The zero-order valence-corrected chi connectivity index (χ0v) is 40.5. The minimum Gasteiger partial charge on any atom is -0.355 e. The number of nitrogens with one attached hydrogen (secondary N) is 1. The minimum atomic E-state index is -0.270. The number of fused-ring (bicyclic) bond motifs is 15. The van der Waals surface area contributed by atoms with Crippen LogP contribution in [0.25, 0.3) is 81.0 Å². The normalized spacial score (nSPS) is 15.2. The monoisotopic (exact) mass is 869 g/mol. The van der Waals surface area contributed by atoms with Crippen LogP contribution in [0.1, 0.15) is 103 Å². The number of nitrogens with zero attached hydrogens (tertiary/aromatic N) is 1. The summed E-state index contributed by atoms with van der Waals surface area (Å²) in [7, 11) is 2.57. The van der Waals surface area contributed by atoms with Gasteiger partial charge in [-0.15, -0.1) is 11.3 Å². The number of anilines is 2. The SMILES string of the molecule is CC(C)(C)c1ccc(Nc2cc3sc4ccccc4c3cc2-c2c3c(c4c5cc(C(C)(C)C)ccc5n5c4c2[B]c2cc4c(cc2-5)C(C)(C)c2ccccc2-4)C(C)(C)c2ccccc2-3)cc1. The standard InChI is InChI=1S/C62H54BN2S/c1-59(2,3)34-23-26-36(27-24-34)64-48-33-52-41(38-18-13-16-22-51(38)66-52)30-42(48)54-53-39-19-12-15-21-45(39)62(9,10)56(53)55-43-29-35(60(4,5)6)25-28-49(43)65-50-32-46-40(31-47(50)63-57(54)58(55)65)37-17-11-14-20-44(37)61(46,7)8/h11-33,64H,1-10H3. The Kier molecular flexibility index (Phi) is 7.97. The lowest BCUT2D eigenvalue weighted by atomic mass is 9.57. The average Bonchev–Trinajstić information content (AvgIpc) is 3.96. The van der Waals surface area contributed by atoms with Gasteiger partial charge in [-0.1, -0.05) is 166 Å². The first-order valence-corrected chi connectivity index (χ1v) is 24.6. The zero-order chi connectivity index (χ0) is 45.4. The molecule has 2 aliphatic carbocycles. The van der Waals surface area contributed by atoms with Crippen LogP contribution in [0, 0.1) is 0 Å². The third kappa shape index (κ3) is 5.37. The van der Waals surface area contributed by atoms with Gasteiger partial charge in [0, 0.05) is 69.9 Å². The van der Waals surface area contributed by atoms with E-state index >= 15 is 0 Å². The lowest BCUT2D eigenvalue weighted by molar-refractivity contribution is 0.590. The molecule has 1 radical (unpaired) electrons. The number of aromatic nitrogens is 1. The molecule has 0 fully saturated rings. The van der Waals surface area contributed by atoms with Gasteiger partial charge in [0.2, 0.25) is 0 Å². The molecule has 321 valence electrons. The fraction of sp³-hybridized carbons (Fsp3) is 0.226. The minimum absolute atomic E-state index is 0.0156. The van der Waals surface area contributed by atoms with Crippen molar-refractivity contribution >= 4 is 82.9 Å². The van der Waals surface area contributed by atoms with Crippen molar-refractivity contribution in [1.82, 2.24) is 4.57 Å². The molecule has 0 amide bonds. The Hall–Kier alpha value is -6.36. The summed E-state index contributed by atoms with van der Waals surface area (Å²) in [6.45, 7) is 23.7. The van der Waals surface area contributed by atoms with Crippen molar-refractivity contribution in [2.24, 2.45) is 0 Å². The number of hydrogen-bond donors (Lipinski definition) is 1. The highest BCUT2D eigenvalue weighted by Crippen LogP contribution is 2.58. The van der Waals surface area contributed by atoms with Crippen molar-refractivity contribution in [3.05, 3.63) is 173 Å². The van der Waals surface area contributed by atoms with Gasteiger partial charge in [0.1, 0.15) is 0 Å². The van der Waals surface area contributed by atoms with Gasteiger partial charge in [0.15, 0.2) is 7.28 Å². The molecule has 2 aromatic heterocycles. The molecular formula is C62H54BN2S. The van der Waals surface area contributed by atoms with E-state index in [0.29, 0.717) is 0 Å². The molecule has 0 atom stereocenters. The summed E-state index contributed by atoms with van der Waals surface area (Å²) in [5, 5.41) is 9.39. The highest BCUT2D eigenvalue weighted by atomic mass is 32.1. The Bertz CT molecular complexity index is 3770. The Morgan fingerprint density at radius 3 is 1.94 bits per heavy atom. The van der Waals surface area contributed by atoms with Crippen LogP contribution in [0.15, 0.2) is 140 Å². The second-order valence-electron chi connectivity index (χ2n) is 22.5. The van der Waals surface area contributed by atoms with E-state index in [9.17, 15) is 0 Å². The molecular weight excluding hydrogens is 816 g/mol. The third-order valence-electron chi connectivity index (χ3n) is 15.7. The predicted molar refractivity (Wildman–Crippen MR) is 286 cm³/mol. The van der Waals surface area contributed by atoms with Gasteiger partial charge in [0.25, 0.3) is 0 Å². The van der Waals surface area contributed by atoms with Crippen LogP contribution >= 0.6 is 11.3 Å². The molecule has 1 aliphatic heterocycles. The zero-order valence-electron chi connectivity index (χ0n) is 39.7. The van der Waals surface area contributed by atoms with Crippen molar-refractivity contribution < 1.29 is 0 Å². The van der Waals surface area contributed by atoms with Crippen molar-refractivity contribution in [3.8, 4) is 39.1 Å². The van der Waals surface area contributed by atoms with Crippen LogP contribution in [0.3, 0.4) is 0 Å². The largest absolute Gasteiger partial charge is 0.355 e. The topological polar surface area (TPSA) is 17.0 Å². The lowest BCUT2D eigenvalue weighted by Gasteiger charge is -2.30. The summed E-state index contributed by atoms with van der Waals surface area (Å²) in [6.07, 6.45) is 0. The maximum absolute atomic E-state index is 4.06. The third-order valence-corrected chi connectivity index (χ3v) is 16.8. The van der Waals surface area contributed by atoms with E-state index in [4.69, 9.17) is 0 Å². The molecule has 66 heavy (non-hydrogen) atoms. The maximum Gasteiger partial charge on any atom is 0.197 e. The van der Waals surface area contributed by atoms with E-state index in [1.165, 1.54) is 125 Å². The molecule has 3 heterocycles. The van der Waals surface area contributed by atoms with Gasteiger partial charge >= 0.3 is 0 Å². The average molecular weight is 870 g/mol. The van der Waals surface area contributed by atoms with E-state index in [1.54, 1.807) is 0 Å². The summed E-state index contributed by atoms with van der Waals surface area (Å²) < 4.78 is 5.27. The highest BCUT2D eigenvalue weighted by molar-refractivity contribution is 7.25. The molecule has 10 aromatic rings. The Labute approximate surface area is 393 Å². The summed E-state index contributed by atoms with van der Waals surface area (Å²) in [5.41, 5.74) is 24.5. The first-order valence-electron chi connectivity index (χ1n) is 23.8. The van der Waals surface area contributed by atoms with Gasteiger partial charge in [-0.2, -0.15) is 0 Å². The van der Waals surface area contributed by atoms with E-state index < -0.39 is 0 Å². The fourth-order valence-electron chi connectivity index (χ4n) is 12.2. The maximum atomic E-state index is 4.06. The molecule has 4 heteroatoms. The molecule has 0 saturated heterocycles. The Balaban J connectivity index is 1.21.